The van der Waals surface area contributed by atoms with E-state index in [2.05, 4.69) is 5.10 Å². The SMILES string of the molecule is CCC(CC)Cn1ccc(C(F)(F)F)n1. The van der Waals surface area contributed by atoms with Crippen LogP contribution in [-0.2, 0) is 12.7 Å². The molecule has 1 aromatic heterocycles. The number of alkyl halides is 3. The molecule has 86 valence electrons. The minimum absolute atomic E-state index is 0.394. The summed E-state index contributed by atoms with van der Waals surface area (Å²) >= 11 is 0. The standard InChI is InChI=1S/C10H15F3N2/c1-3-8(4-2)7-15-6-5-9(14-15)10(11,12)13/h5-6,8H,3-4,7H2,1-2H3. The van der Waals surface area contributed by atoms with Gasteiger partial charge in [0.05, 0.1) is 0 Å². The lowest BCUT2D eigenvalue weighted by atomic mass is 10.0. The van der Waals surface area contributed by atoms with E-state index in [1.165, 1.54) is 10.9 Å². The van der Waals surface area contributed by atoms with Gasteiger partial charge in [-0.05, 0) is 12.0 Å². The van der Waals surface area contributed by atoms with Crippen LogP contribution in [0.4, 0.5) is 13.2 Å². The minimum Gasteiger partial charge on any atom is -0.272 e. The molecular formula is C10H15F3N2. The van der Waals surface area contributed by atoms with Crippen LogP contribution in [0.15, 0.2) is 12.3 Å². The Morgan fingerprint density at radius 3 is 2.33 bits per heavy atom. The molecule has 1 aromatic rings. The van der Waals surface area contributed by atoms with E-state index in [-0.39, 0.29) is 0 Å². The van der Waals surface area contributed by atoms with Gasteiger partial charge in [0.25, 0.3) is 0 Å². The fourth-order valence-electron chi connectivity index (χ4n) is 1.43. The number of hydrogen-bond acceptors (Lipinski definition) is 1. The zero-order valence-electron chi connectivity index (χ0n) is 8.88. The topological polar surface area (TPSA) is 17.8 Å². The molecule has 0 bridgehead atoms. The van der Waals surface area contributed by atoms with Gasteiger partial charge in [0, 0.05) is 12.7 Å². The van der Waals surface area contributed by atoms with Crippen LogP contribution in [0, 0.1) is 5.92 Å². The molecule has 0 saturated heterocycles. The summed E-state index contributed by atoms with van der Waals surface area (Å²) in [6.07, 6.45) is -1.03. The third-order valence-corrected chi connectivity index (χ3v) is 2.53. The molecule has 0 aromatic carbocycles. The Kier molecular flexibility index (Phi) is 3.77. The summed E-state index contributed by atoms with van der Waals surface area (Å²) in [5, 5.41) is 3.51. The molecular weight excluding hydrogens is 205 g/mol. The molecule has 15 heavy (non-hydrogen) atoms. The van der Waals surface area contributed by atoms with Gasteiger partial charge in [-0.15, -0.1) is 0 Å². The van der Waals surface area contributed by atoms with Crippen molar-refractivity contribution in [1.29, 1.82) is 0 Å². The molecule has 0 unspecified atom stereocenters. The molecule has 0 spiro atoms. The van der Waals surface area contributed by atoms with Gasteiger partial charge in [0.15, 0.2) is 5.69 Å². The zero-order valence-corrected chi connectivity index (χ0v) is 8.88. The number of rotatable bonds is 4. The van der Waals surface area contributed by atoms with Gasteiger partial charge in [-0.25, -0.2) is 0 Å². The Labute approximate surface area is 87.1 Å². The lowest BCUT2D eigenvalue weighted by molar-refractivity contribution is -0.141. The molecule has 0 amide bonds. The van der Waals surface area contributed by atoms with E-state index in [1.807, 2.05) is 13.8 Å². The van der Waals surface area contributed by atoms with Crippen LogP contribution in [0.1, 0.15) is 32.4 Å². The molecule has 0 saturated carbocycles. The highest BCUT2D eigenvalue weighted by Crippen LogP contribution is 2.27. The Bertz CT molecular complexity index is 300. The van der Waals surface area contributed by atoms with Crippen LogP contribution in [0.5, 0.6) is 0 Å². The van der Waals surface area contributed by atoms with Crippen LogP contribution < -0.4 is 0 Å². The maximum Gasteiger partial charge on any atom is 0.435 e. The van der Waals surface area contributed by atoms with Gasteiger partial charge >= 0.3 is 6.18 Å². The van der Waals surface area contributed by atoms with E-state index < -0.39 is 11.9 Å². The predicted molar refractivity (Wildman–Crippen MR) is 51.3 cm³/mol. The molecule has 0 aliphatic heterocycles. The number of halogens is 3. The van der Waals surface area contributed by atoms with E-state index in [0.717, 1.165) is 18.9 Å². The average molecular weight is 220 g/mol. The first-order valence-corrected chi connectivity index (χ1v) is 5.08. The molecule has 0 aliphatic rings. The summed E-state index contributed by atoms with van der Waals surface area (Å²) in [5.41, 5.74) is -0.812. The van der Waals surface area contributed by atoms with Gasteiger partial charge in [-0.1, -0.05) is 26.7 Å². The molecule has 1 heterocycles. The first-order valence-electron chi connectivity index (χ1n) is 5.08. The number of aromatic nitrogens is 2. The summed E-state index contributed by atoms with van der Waals surface area (Å²) in [7, 11) is 0. The zero-order chi connectivity index (χ0) is 11.5. The second-order valence-corrected chi connectivity index (χ2v) is 3.60. The Morgan fingerprint density at radius 1 is 1.33 bits per heavy atom. The van der Waals surface area contributed by atoms with E-state index in [4.69, 9.17) is 0 Å². The first-order chi connectivity index (χ1) is 6.97. The van der Waals surface area contributed by atoms with Crippen molar-refractivity contribution in [3.8, 4) is 0 Å². The van der Waals surface area contributed by atoms with E-state index in [9.17, 15) is 13.2 Å². The monoisotopic (exact) mass is 220 g/mol. The summed E-state index contributed by atoms with van der Waals surface area (Å²) in [6.45, 7) is 4.62. The average Bonchev–Trinajstić information content (AvgIpc) is 2.61. The number of hydrogen-bond donors (Lipinski definition) is 0. The van der Waals surface area contributed by atoms with Gasteiger partial charge in [-0.2, -0.15) is 18.3 Å². The predicted octanol–water partition coefficient (Wildman–Crippen LogP) is 3.34. The van der Waals surface area contributed by atoms with Crippen molar-refractivity contribution in [2.45, 2.75) is 39.4 Å². The van der Waals surface area contributed by atoms with Crippen LogP contribution >= 0.6 is 0 Å². The summed E-state index contributed by atoms with van der Waals surface area (Å²) in [6, 6.07) is 1.02. The van der Waals surface area contributed by atoms with Crippen molar-refractivity contribution in [2.24, 2.45) is 5.92 Å². The van der Waals surface area contributed by atoms with Crippen LogP contribution in [-0.4, -0.2) is 9.78 Å². The Balaban J connectivity index is 2.68. The summed E-state index contributed by atoms with van der Waals surface area (Å²) in [4.78, 5) is 0. The van der Waals surface area contributed by atoms with Crippen molar-refractivity contribution in [3.63, 3.8) is 0 Å². The molecule has 0 N–H and O–H groups in total. The lowest BCUT2D eigenvalue weighted by Crippen LogP contribution is -2.12. The molecule has 0 fully saturated rings. The maximum atomic E-state index is 12.2. The van der Waals surface area contributed by atoms with E-state index in [1.54, 1.807) is 0 Å². The van der Waals surface area contributed by atoms with Crippen LogP contribution in [0.3, 0.4) is 0 Å². The van der Waals surface area contributed by atoms with Gasteiger partial charge in [-0.3, -0.25) is 4.68 Å². The van der Waals surface area contributed by atoms with Crippen LogP contribution in [0.25, 0.3) is 0 Å². The molecule has 0 aliphatic carbocycles. The molecule has 5 heteroatoms. The quantitative estimate of drug-likeness (QED) is 0.761. The second kappa shape index (κ2) is 4.68. The molecule has 1 rings (SSSR count). The first kappa shape index (κ1) is 12.1. The van der Waals surface area contributed by atoms with Crippen molar-refractivity contribution in [2.75, 3.05) is 0 Å². The summed E-state index contributed by atoms with van der Waals surface area (Å²) < 4.78 is 38.1. The molecule has 0 atom stereocenters. The fourth-order valence-corrected chi connectivity index (χ4v) is 1.43. The highest BCUT2D eigenvalue weighted by atomic mass is 19.4. The van der Waals surface area contributed by atoms with E-state index >= 15 is 0 Å². The highest BCUT2D eigenvalue weighted by molar-refractivity contribution is 5.03. The Hall–Kier alpha value is -1.00. The minimum atomic E-state index is -4.33. The van der Waals surface area contributed by atoms with Crippen molar-refractivity contribution < 1.29 is 13.2 Å². The third-order valence-electron chi connectivity index (χ3n) is 2.53. The van der Waals surface area contributed by atoms with E-state index in [0.29, 0.717) is 12.5 Å². The van der Waals surface area contributed by atoms with Crippen molar-refractivity contribution in [1.82, 2.24) is 9.78 Å². The van der Waals surface area contributed by atoms with Gasteiger partial charge in [0.2, 0.25) is 0 Å². The van der Waals surface area contributed by atoms with Crippen molar-refractivity contribution in [3.05, 3.63) is 18.0 Å². The normalized spacial score (nSPS) is 12.4. The van der Waals surface area contributed by atoms with Crippen LogP contribution in [0.2, 0.25) is 0 Å². The van der Waals surface area contributed by atoms with Crippen molar-refractivity contribution >= 4 is 0 Å². The molecule has 0 radical (unpaired) electrons. The number of nitrogens with zero attached hydrogens (tertiary/aromatic N) is 2. The maximum absolute atomic E-state index is 12.2. The van der Waals surface area contributed by atoms with Gasteiger partial charge < -0.3 is 0 Å². The van der Waals surface area contributed by atoms with Gasteiger partial charge in [0.1, 0.15) is 0 Å². The third kappa shape index (κ3) is 3.25. The fraction of sp³-hybridized carbons (Fsp3) is 0.700. The largest absolute Gasteiger partial charge is 0.435 e. The smallest absolute Gasteiger partial charge is 0.272 e. The highest BCUT2D eigenvalue weighted by Gasteiger charge is 2.33. The summed E-state index contributed by atoms with van der Waals surface area (Å²) in [5.74, 6) is 0.394. The Morgan fingerprint density at radius 2 is 1.93 bits per heavy atom. The lowest BCUT2D eigenvalue weighted by Gasteiger charge is -2.11. The second-order valence-electron chi connectivity index (χ2n) is 3.60. The molecule has 2 nitrogen and oxygen atoms in total.